The molecule has 0 aliphatic rings. The Morgan fingerprint density at radius 2 is 1.77 bits per heavy atom. The van der Waals surface area contributed by atoms with E-state index in [1.165, 1.54) is 0 Å². The van der Waals surface area contributed by atoms with Gasteiger partial charge in [-0.05, 0) is 44.2 Å². The van der Waals surface area contributed by atoms with E-state index in [4.69, 9.17) is 4.74 Å². The second-order valence-corrected chi connectivity index (χ2v) is 5.05. The van der Waals surface area contributed by atoms with E-state index in [0.29, 0.717) is 13.2 Å². The first-order valence-electron chi connectivity index (χ1n) is 7.45. The molecule has 0 radical (unpaired) electrons. The Morgan fingerprint density at radius 3 is 2.55 bits per heavy atom. The molecular formula is C18H19N3O. The third-order valence-electron chi connectivity index (χ3n) is 3.42. The second-order valence-electron chi connectivity index (χ2n) is 5.05. The maximum absolute atomic E-state index is 5.45. The molecule has 0 saturated carbocycles. The van der Waals surface area contributed by atoms with Crippen LogP contribution in [0, 0.1) is 6.92 Å². The average Bonchev–Trinajstić information content (AvgIpc) is 2.54. The first-order chi connectivity index (χ1) is 10.8. The number of rotatable bonds is 5. The molecule has 1 heterocycles. The Morgan fingerprint density at radius 1 is 1.00 bits per heavy atom. The lowest BCUT2D eigenvalue weighted by molar-refractivity contribution is 0.340. The highest BCUT2D eigenvalue weighted by atomic mass is 16.5. The lowest BCUT2D eigenvalue weighted by Gasteiger charge is -2.10. The van der Waals surface area contributed by atoms with Gasteiger partial charge < -0.3 is 10.1 Å². The van der Waals surface area contributed by atoms with E-state index in [-0.39, 0.29) is 0 Å². The Bertz CT molecular complexity index is 769. The Kier molecular flexibility index (Phi) is 4.19. The van der Waals surface area contributed by atoms with E-state index in [9.17, 15) is 0 Å². The molecule has 4 nitrogen and oxygen atoms in total. The van der Waals surface area contributed by atoms with E-state index in [0.717, 1.165) is 33.9 Å². The molecule has 3 rings (SSSR count). The maximum atomic E-state index is 5.45. The molecule has 0 unspecified atom stereocenters. The van der Waals surface area contributed by atoms with Gasteiger partial charge in [0.15, 0.2) is 0 Å². The summed E-state index contributed by atoms with van der Waals surface area (Å²) >= 11 is 0. The average molecular weight is 293 g/mol. The number of hydrogen-bond donors (Lipinski definition) is 1. The summed E-state index contributed by atoms with van der Waals surface area (Å²) in [5.41, 5.74) is 3.04. The van der Waals surface area contributed by atoms with Crippen LogP contribution < -0.4 is 10.1 Å². The number of nitrogens with zero attached hydrogens (tertiary/aromatic N) is 2. The van der Waals surface area contributed by atoms with Crippen molar-refractivity contribution >= 4 is 16.6 Å². The van der Waals surface area contributed by atoms with Gasteiger partial charge in [0.25, 0.3) is 0 Å². The first-order valence-corrected chi connectivity index (χ1v) is 7.45. The Balaban J connectivity index is 1.78. The van der Waals surface area contributed by atoms with Gasteiger partial charge in [-0.2, -0.15) is 0 Å². The predicted molar refractivity (Wildman–Crippen MR) is 89.2 cm³/mol. The zero-order valence-electron chi connectivity index (χ0n) is 12.8. The van der Waals surface area contributed by atoms with Crippen molar-refractivity contribution in [1.29, 1.82) is 0 Å². The fourth-order valence-electron chi connectivity index (χ4n) is 2.43. The summed E-state index contributed by atoms with van der Waals surface area (Å²) in [7, 11) is 0. The first kappa shape index (κ1) is 14.3. The van der Waals surface area contributed by atoms with Crippen molar-refractivity contribution in [2.75, 3.05) is 11.9 Å². The Hall–Kier alpha value is -2.62. The van der Waals surface area contributed by atoms with Crippen LogP contribution in [0.4, 0.5) is 5.69 Å². The number of nitrogens with one attached hydrogen (secondary N) is 1. The topological polar surface area (TPSA) is 47.0 Å². The Labute approximate surface area is 130 Å². The van der Waals surface area contributed by atoms with Crippen molar-refractivity contribution in [3.8, 4) is 5.75 Å². The molecule has 0 bridgehead atoms. The van der Waals surface area contributed by atoms with Crippen LogP contribution >= 0.6 is 0 Å². The minimum atomic E-state index is 0.665. The zero-order valence-corrected chi connectivity index (χ0v) is 12.8. The second kappa shape index (κ2) is 6.43. The third kappa shape index (κ3) is 3.17. The number of aryl methyl sites for hydroxylation is 1. The van der Waals surface area contributed by atoms with Crippen molar-refractivity contribution in [3.05, 3.63) is 60.0 Å². The van der Waals surface area contributed by atoms with Gasteiger partial charge in [-0.15, -0.1) is 0 Å². The van der Waals surface area contributed by atoms with Gasteiger partial charge >= 0.3 is 0 Å². The summed E-state index contributed by atoms with van der Waals surface area (Å²) in [4.78, 5) is 9.03. The number of aromatic nitrogens is 2. The molecule has 4 heteroatoms. The highest BCUT2D eigenvalue weighted by molar-refractivity contribution is 5.81. The van der Waals surface area contributed by atoms with Crippen LogP contribution in [-0.4, -0.2) is 16.6 Å². The number of fused-ring (bicyclic) bond motifs is 1. The third-order valence-corrected chi connectivity index (χ3v) is 3.42. The van der Waals surface area contributed by atoms with Crippen molar-refractivity contribution < 1.29 is 4.74 Å². The molecule has 1 N–H and O–H groups in total. The van der Waals surface area contributed by atoms with Crippen molar-refractivity contribution in [2.24, 2.45) is 0 Å². The molecule has 0 aliphatic heterocycles. The molecule has 112 valence electrons. The van der Waals surface area contributed by atoms with Crippen LogP contribution in [0.25, 0.3) is 10.9 Å². The summed E-state index contributed by atoms with van der Waals surface area (Å²) in [5, 5.41) is 4.49. The minimum absolute atomic E-state index is 0.665. The smallest absolute Gasteiger partial charge is 0.126 e. The van der Waals surface area contributed by atoms with Gasteiger partial charge in [0, 0.05) is 11.1 Å². The summed E-state index contributed by atoms with van der Waals surface area (Å²) in [5.74, 6) is 1.68. The zero-order chi connectivity index (χ0) is 15.4. The number of benzene rings is 2. The molecule has 2 aromatic carbocycles. The number of anilines is 1. The fraction of sp³-hybridized carbons (Fsp3) is 0.222. The lowest BCUT2D eigenvalue weighted by Crippen LogP contribution is -2.05. The van der Waals surface area contributed by atoms with E-state index in [1.807, 2.05) is 56.3 Å². The largest absolute Gasteiger partial charge is 0.494 e. The molecule has 1 aromatic heterocycles. The summed E-state index contributed by atoms with van der Waals surface area (Å²) in [6.45, 7) is 5.25. The number of para-hydroxylation sites is 1. The van der Waals surface area contributed by atoms with Gasteiger partial charge in [0.1, 0.15) is 11.6 Å². The van der Waals surface area contributed by atoms with E-state index < -0.39 is 0 Å². The van der Waals surface area contributed by atoms with Crippen molar-refractivity contribution in [3.63, 3.8) is 0 Å². The quantitative estimate of drug-likeness (QED) is 0.773. The fourth-order valence-corrected chi connectivity index (χ4v) is 2.43. The molecule has 0 atom stereocenters. The molecule has 0 aliphatic carbocycles. The summed E-state index contributed by atoms with van der Waals surface area (Å²) in [6, 6.07) is 16.1. The summed E-state index contributed by atoms with van der Waals surface area (Å²) < 4.78 is 5.45. The van der Waals surface area contributed by atoms with Gasteiger partial charge in [0.2, 0.25) is 0 Å². The lowest BCUT2D eigenvalue weighted by atomic mass is 10.2. The van der Waals surface area contributed by atoms with Gasteiger partial charge in [-0.1, -0.05) is 18.2 Å². The van der Waals surface area contributed by atoms with Crippen LogP contribution in [0.2, 0.25) is 0 Å². The highest BCUT2D eigenvalue weighted by Gasteiger charge is 2.05. The van der Waals surface area contributed by atoms with E-state index in [2.05, 4.69) is 21.4 Å². The number of hydrogen-bond acceptors (Lipinski definition) is 4. The van der Waals surface area contributed by atoms with Crippen molar-refractivity contribution in [1.82, 2.24) is 9.97 Å². The molecule has 0 saturated heterocycles. The van der Waals surface area contributed by atoms with Crippen LogP contribution in [0.1, 0.15) is 18.4 Å². The molecular weight excluding hydrogens is 274 g/mol. The van der Waals surface area contributed by atoms with Gasteiger partial charge in [0.05, 0.1) is 24.4 Å². The molecule has 22 heavy (non-hydrogen) atoms. The van der Waals surface area contributed by atoms with Gasteiger partial charge in [-0.25, -0.2) is 9.97 Å². The molecule has 0 amide bonds. The predicted octanol–water partition coefficient (Wildman–Crippen LogP) is 3.95. The monoisotopic (exact) mass is 293 g/mol. The summed E-state index contributed by atoms with van der Waals surface area (Å²) in [6.07, 6.45) is 0. The molecule has 0 fully saturated rings. The normalized spacial score (nSPS) is 10.6. The maximum Gasteiger partial charge on any atom is 0.126 e. The minimum Gasteiger partial charge on any atom is -0.494 e. The number of ether oxygens (including phenoxy) is 1. The standard InChI is InChI=1S/C18H19N3O/c1-3-22-15-10-8-14(9-11-15)19-12-18-16-6-4-5-7-17(16)20-13(2)21-18/h4-11,19H,3,12H2,1-2H3. The molecule has 0 spiro atoms. The highest BCUT2D eigenvalue weighted by Crippen LogP contribution is 2.19. The SMILES string of the molecule is CCOc1ccc(NCc2nc(C)nc3ccccc23)cc1. The van der Waals surface area contributed by atoms with Gasteiger partial charge in [-0.3, -0.25) is 0 Å². The van der Waals surface area contributed by atoms with E-state index in [1.54, 1.807) is 0 Å². The van der Waals surface area contributed by atoms with Crippen LogP contribution in [0.3, 0.4) is 0 Å². The van der Waals surface area contributed by atoms with E-state index >= 15 is 0 Å². The van der Waals surface area contributed by atoms with Crippen molar-refractivity contribution in [2.45, 2.75) is 20.4 Å². The van der Waals surface area contributed by atoms with Crippen LogP contribution in [0.5, 0.6) is 5.75 Å². The molecule has 3 aromatic rings. The van der Waals surface area contributed by atoms with Crippen LogP contribution in [-0.2, 0) is 6.54 Å². The van der Waals surface area contributed by atoms with Crippen LogP contribution in [0.15, 0.2) is 48.5 Å².